The summed E-state index contributed by atoms with van der Waals surface area (Å²) in [7, 11) is 0. The van der Waals surface area contributed by atoms with Crippen molar-refractivity contribution < 1.29 is 34.1 Å². The average Bonchev–Trinajstić information content (AvgIpc) is 3.59. The van der Waals surface area contributed by atoms with Crippen LogP contribution in [0.25, 0.3) is 77.1 Å². The van der Waals surface area contributed by atoms with Crippen molar-refractivity contribution in [3.05, 3.63) is 162 Å². The second-order valence-electron chi connectivity index (χ2n) is 15.9. The normalized spacial score (nSPS) is 14.1. The number of nitrogens with zero attached hydrogens (tertiary/aromatic N) is 3. The second-order valence-corrected chi connectivity index (χ2v) is 15.9. The molecule has 0 aliphatic rings. The number of aromatic nitrogens is 3. The Morgan fingerprint density at radius 3 is 2.20 bits per heavy atom. The van der Waals surface area contributed by atoms with Gasteiger partial charge in [0, 0.05) is 51.0 Å². The Labute approximate surface area is 353 Å². The van der Waals surface area contributed by atoms with E-state index in [-0.39, 0.29) is 53.8 Å². The van der Waals surface area contributed by atoms with Gasteiger partial charge in [0.15, 0.2) is 0 Å². The third-order valence-electron chi connectivity index (χ3n) is 9.95. The molecule has 0 saturated heterocycles. The number of benzene rings is 6. The zero-order valence-electron chi connectivity index (χ0n) is 39.1. The smallest absolute Gasteiger partial charge is 0.121 e. The minimum Gasteiger partial charge on any atom is -0.501 e. The Balaban J connectivity index is 0.000000295. The van der Waals surface area contributed by atoms with Crippen LogP contribution in [-0.4, -0.2) is 15.0 Å². The maximum Gasteiger partial charge on any atom is 0.121 e. The van der Waals surface area contributed by atoms with E-state index in [1.807, 2.05) is 75.4 Å². The molecule has 6 aromatic carbocycles. The number of pyridine rings is 1. The number of furan rings is 1. The molecular weight excluding hydrogens is 863 g/mol. The van der Waals surface area contributed by atoms with Crippen LogP contribution in [0.2, 0.25) is 0 Å². The maximum absolute atomic E-state index is 8.98. The van der Waals surface area contributed by atoms with Gasteiger partial charge < -0.3 is 9.40 Å². The van der Waals surface area contributed by atoms with Crippen LogP contribution < -0.4 is 0 Å². The van der Waals surface area contributed by atoms with Gasteiger partial charge in [-0.3, -0.25) is 4.98 Å². The van der Waals surface area contributed by atoms with Gasteiger partial charge in [0.05, 0.1) is 6.95 Å². The Bertz CT molecular complexity index is 3140. The van der Waals surface area contributed by atoms with Crippen molar-refractivity contribution in [3.63, 3.8) is 0 Å². The van der Waals surface area contributed by atoms with E-state index in [0.29, 0.717) is 28.0 Å². The molecule has 0 spiro atoms. The number of rotatable bonds is 3. The standard InChI is InChI=1S/C37H30NO.C14H15N2.Ir/c1-22-17-26(37(3,4)5)15-16-27(22)31-19-34(38-21-23(31)2)30-12-8-11-29-33-18-25-14-13-24-9-6-7-10-28(24)32(25)20-35(33)39-36(29)30;1-14(2,3)13-9-12(15-10-16-13)11-7-5-4-6-8-11;/h6-11,13-21H,1-5H3;4-7,9-10H,1-3H3;/q2*-1;/i1D3,2D3,16D;;. The molecule has 0 fully saturated rings. The minimum atomic E-state index is -2.61. The van der Waals surface area contributed by atoms with Crippen molar-refractivity contribution in [2.45, 2.75) is 66.1 Å². The van der Waals surface area contributed by atoms with Gasteiger partial charge >= 0.3 is 0 Å². The third kappa shape index (κ3) is 7.54. The quantitative estimate of drug-likeness (QED) is 0.131. The monoisotopic (exact) mass is 915 g/mol. The molecular formula is C51H45IrN3O-2. The number of hydrogen-bond donors (Lipinski definition) is 0. The van der Waals surface area contributed by atoms with Crippen molar-refractivity contribution >= 4 is 43.5 Å². The molecule has 0 aliphatic carbocycles. The molecule has 3 heterocycles. The molecule has 0 unspecified atom stereocenters. The van der Waals surface area contributed by atoms with Gasteiger partial charge in [0.25, 0.3) is 0 Å². The summed E-state index contributed by atoms with van der Waals surface area (Å²) in [6.07, 6.45) is 2.88. The summed E-state index contributed by atoms with van der Waals surface area (Å²) in [5, 5.41) is 6.16. The Kier molecular flexibility index (Phi) is 8.34. The molecule has 56 heavy (non-hydrogen) atoms. The first-order valence-corrected chi connectivity index (χ1v) is 18.3. The zero-order valence-corrected chi connectivity index (χ0v) is 34.5. The van der Waals surface area contributed by atoms with Crippen LogP contribution in [-0.2, 0) is 30.9 Å². The van der Waals surface area contributed by atoms with Crippen LogP contribution in [0.5, 0.6) is 0 Å². The number of fused-ring (bicyclic) bond motifs is 6. The van der Waals surface area contributed by atoms with Crippen LogP contribution in [0.1, 0.15) is 73.5 Å². The molecule has 0 atom stereocenters. The largest absolute Gasteiger partial charge is 0.501 e. The predicted molar refractivity (Wildman–Crippen MR) is 229 cm³/mol. The van der Waals surface area contributed by atoms with E-state index in [1.54, 1.807) is 30.6 Å². The maximum atomic E-state index is 8.98. The van der Waals surface area contributed by atoms with Crippen molar-refractivity contribution in [1.82, 2.24) is 15.0 Å². The van der Waals surface area contributed by atoms with E-state index in [0.717, 1.165) is 49.3 Å². The molecule has 281 valence electrons. The Morgan fingerprint density at radius 1 is 0.625 bits per heavy atom. The van der Waals surface area contributed by atoms with Crippen molar-refractivity contribution in [2.24, 2.45) is 0 Å². The Morgan fingerprint density at radius 2 is 1.43 bits per heavy atom. The van der Waals surface area contributed by atoms with Crippen molar-refractivity contribution in [2.75, 3.05) is 0 Å². The van der Waals surface area contributed by atoms with E-state index < -0.39 is 19.1 Å². The van der Waals surface area contributed by atoms with Crippen LogP contribution >= 0.6 is 0 Å². The summed E-state index contributed by atoms with van der Waals surface area (Å²) in [6.45, 7) is 7.06. The molecule has 4 nitrogen and oxygen atoms in total. The molecule has 0 bridgehead atoms. The first kappa shape index (κ1) is 30.7. The van der Waals surface area contributed by atoms with Crippen molar-refractivity contribution in [1.29, 1.82) is 0 Å². The first-order valence-electron chi connectivity index (χ1n) is 21.8. The summed E-state index contributed by atoms with van der Waals surface area (Å²) in [4.78, 5) is 13.1. The van der Waals surface area contributed by atoms with Gasteiger partial charge in [-0.05, 0) is 92.0 Å². The second kappa shape index (κ2) is 15.2. The summed E-state index contributed by atoms with van der Waals surface area (Å²) >= 11 is 0. The Hall–Kier alpha value is -5.48. The van der Waals surface area contributed by atoms with E-state index in [1.165, 1.54) is 6.20 Å². The van der Waals surface area contributed by atoms with Crippen LogP contribution in [0.3, 0.4) is 0 Å². The molecule has 5 heteroatoms. The van der Waals surface area contributed by atoms with E-state index in [2.05, 4.69) is 78.2 Å². The molecule has 0 saturated carbocycles. The molecule has 0 N–H and O–H groups in total. The zero-order chi connectivity index (χ0) is 44.4. The topological polar surface area (TPSA) is 51.8 Å². The van der Waals surface area contributed by atoms with Gasteiger partial charge in [0.2, 0.25) is 0 Å². The van der Waals surface area contributed by atoms with E-state index in [9.17, 15) is 0 Å². The van der Waals surface area contributed by atoms with Crippen LogP contribution in [0.15, 0.2) is 132 Å². The van der Waals surface area contributed by atoms with Crippen LogP contribution in [0, 0.1) is 25.8 Å². The molecule has 0 amide bonds. The van der Waals surface area contributed by atoms with Gasteiger partial charge in [-0.1, -0.05) is 119 Å². The number of hydrogen-bond acceptors (Lipinski definition) is 4. The fourth-order valence-corrected chi connectivity index (χ4v) is 6.85. The molecule has 0 aliphatic heterocycles. The van der Waals surface area contributed by atoms with E-state index in [4.69, 9.17) is 14.0 Å². The SMILES string of the molecule is CC(C)(C)c1cc(-c2[c-]cccc2)ncn1.[2H]c1cc(C(C)(C)C)cc(C([2H])([2H])[2H])c1-c1cc(-c2[c-]ccc3c2oc2cc4c(ccc5ccccc54)cc23)ncc1C([2H])([2H])[2H].[Ir]. The third-order valence-corrected chi connectivity index (χ3v) is 9.95. The first-order chi connectivity index (χ1) is 29.2. The summed E-state index contributed by atoms with van der Waals surface area (Å²) in [5.41, 5.74) is 5.36. The van der Waals surface area contributed by atoms with Crippen LogP contribution in [0.4, 0.5) is 0 Å². The summed E-state index contributed by atoms with van der Waals surface area (Å²) in [5.74, 6) is 0. The van der Waals surface area contributed by atoms with Gasteiger partial charge in [-0.15, -0.1) is 54.1 Å². The summed E-state index contributed by atoms with van der Waals surface area (Å²) < 4.78 is 65.4. The number of aryl methyl sites for hydroxylation is 2. The summed E-state index contributed by atoms with van der Waals surface area (Å²) in [6, 6.07) is 41.2. The van der Waals surface area contributed by atoms with E-state index >= 15 is 0 Å². The predicted octanol–water partition coefficient (Wildman–Crippen LogP) is 13.6. The molecule has 9 aromatic rings. The van der Waals surface area contributed by atoms with Gasteiger partial charge in [0.1, 0.15) is 11.9 Å². The van der Waals surface area contributed by atoms with Gasteiger partial charge in [-0.2, -0.15) is 0 Å². The van der Waals surface area contributed by atoms with Crippen molar-refractivity contribution in [3.8, 4) is 33.6 Å². The molecule has 3 aromatic heterocycles. The fraction of sp³-hybridized carbons (Fsp3) is 0.196. The van der Waals surface area contributed by atoms with Gasteiger partial charge in [-0.25, -0.2) is 4.98 Å². The molecule has 1 radical (unpaired) electrons. The molecule has 9 rings (SSSR count). The fourth-order valence-electron chi connectivity index (χ4n) is 6.85. The average molecular weight is 915 g/mol. The minimum absolute atomic E-state index is 0.